The second kappa shape index (κ2) is 7.03. The van der Waals surface area contributed by atoms with E-state index in [-0.39, 0.29) is 12.2 Å². The number of nitrogens with zero attached hydrogens (tertiary/aromatic N) is 4. The van der Waals surface area contributed by atoms with Crippen molar-refractivity contribution in [3.05, 3.63) is 47.3 Å². The Kier molecular flexibility index (Phi) is 4.59. The fourth-order valence-corrected chi connectivity index (χ4v) is 3.45. The van der Waals surface area contributed by atoms with Crippen LogP contribution in [0.4, 0.5) is 5.82 Å². The summed E-state index contributed by atoms with van der Waals surface area (Å²) in [5, 5.41) is 9.71. The number of pyridine rings is 2. The van der Waals surface area contributed by atoms with Gasteiger partial charge in [0.1, 0.15) is 5.82 Å². The number of aromatic nitrogens is 2. The molecule has 26 heavy (non-hydrogen) atoms. The molecule has 0 aromatic carbocycles. The number of rotatable bonds is 4. The van der Waals surface area contributed by atoms with Crippen molar-refractivity contribution in [3.8, 4) is 5.88 Å². The second-order valence-electron chi connectivity index (χ2n) is 7.13. The fourth-order valence-electron chi connectivity index (χ4n) is 3.45. The molecule has 4 rings (SSSR count). The normalized spacial score (nSPS) is 17.4. The van der Waals surface area contributed by atoms with Gasteiger partial charge in [0.2, 0.25) is 5.88 Å². The summed E-state index contributed by atoms with van der Waals surface area (Å²) < 4.78 is 5.74. The second-order valence-corrected chi connectivity index (χ2v) is 7.13. The van der Waals surface area contributed by atoms with Gasteiger partial charge < -0.3 is 14.7 Å². The quantitative estimate of drug-likeness (QED) is 0.916. The van der Waals surface area contributed by atoms with Gasteiger partial charge >= 0.3 is 0 Å². The van der Waals surface area contributed by atoms with E-state index in [1.807, 2.05) is 38.4 Å². The molecule has 1 fully saturated rings. The summed E-state index contributed by atoms with van der Waals surface area (Å²) in [5.74, 6) is 1.57. The highest BCUT2D eigenvalue weighted by atomic mass is 16.5. The first kappa shape index (κ1) is 17.0. The Hall–Kier alpha value is -2.47. The van der Waals surface area contributed by atoms with Crippen LogP contribution in [0.15, 0.2) is 35.6 Å². The van der Waals surface area contributed by atoms with E-state index < -0.39 is 0 Å². The molecule has 4 heterocycles. The molecule has 6 heteroatoms. The Morgan fingerprint density at radius 2 is 2.00 bits per heavy atom. The highest BCUT2D eigenvalue weighted by Gasteiger charge is 2.22. The lowest BCUT2D eigenvalue weighted by atomic mass is 10.0. The number of hydrogen-bond donors (Lipinski definition) is 1. The number of aliphatic hydroxyl groups is 1. The molecule has 0 saturated carbocycles. The molecule has 136 valence electrons. The maximum atomic E-state index is 9.71. The highest BCUT2D eigenvalue weighted by Crippen LogP contribution is 2.27. The lowest BCUT2D eigenvalue weighted by Crippen LogP contribution is -2.36. The third kappa shape index (κ3) is 3.42. The first-order valence-corrected chi connectivity index (χ1v) is 9.20. The van der Waals surface area contributed by atoms with Crippen molar-refractivity contribution in [2.45, 2.75) is 45.4 Å². The predicted molar refractivity (Wildman–Crippen MR) is 101 cm³/mol. The summed E-state index contributed by atoms with van der Waals surface area (Å²) in [4.78, 5) is 15.9. The molecule has 2 aliphatic rings. The minimum Gasteiger partial charge on any atom is -0.475 e. The summed E-state index contributed by atoms with van der Waals surface area (Å²) in [6, 6.07) is 6.08. The third-order valence-corrected chi connectivity index (χ3v) is 4.79. The van der Waals surface area contributed by atoms with Gasteiger partial charge in [-0.15, -0.1) is 0 Å². The topological polar surface area (TPSA) is 70.8 Å². The lowest BCUT2D eigenvalue weighted by Gasteiger charge is -2.30. The van der Waals surface area contributed by atoms with Crippen molar-refractivity contribution in [3.63, 3.8) is 0 Å². The zero-order valence-electron chi connectivity index (χ0n) is 15.2. The van der Waals surface area contributed by atoms with E-state index in [2.05, 4.69) is 20.9 Å². The summed E-state index contributed by atoms with van der Waals surface area (Å²) in [6.45, 7) is 6.30. The molecule has 0 spiro atoms. The molecule has 1 saturated heterocycles. The Bertz CT molecular complexity index is 826. The van der Waals surface area contributed by atoms with E-state index in [0.717, 1.165) is 54.2 Å². The lowest BCUT2D eigenvalue weighted by molar-refractivity contribution is 0.145. The molecule has 0 aliphatic carbocycles. The average molecular weight is 352 g/mol. The van der Waals surface area contributed by atoms with E-state index in [1.54, 1.807) is 0 Å². The van der Waals surface area contributed by atoms with E-state index in [4.69, 9.17) is 9.73 Å². The molecule has 0 radical (unpaired) electrons. The molecule has 0 amide bonds. The number of anilines is 1. The number of aliphatic hydroxyl groups excluding tert-OH is 1. The van der Waals surface area contributed by atoms with Gasteiger partial charge in [-0.2, -0.15) is 0 Å². The summed E-state index contributed by atoms with van der Waals surface area (Å²) in [5.41, 5.74) is 4.23. The molecule has 0 bridgehead atoms. The van der Waals surface area contributed by atoms with E-state index in [0.29, 0.717) is 12.4 Å². The van der Waals surface area contributed by atoms with Crippen LogP contribution in [-0.4, -0.2) is 46.1 Å². The van der Waals surface area contributed by atoms with Gasteiger partial charge in [-0.25, -0.2) is 9.97 Å². The minimum atomic E-state index is -0.188. The van der Waals surface area contributed by atoms with Crippen molar-refractivity contribution in [1.29, 1.82) is 0 Å². The van der Waals surface area contributed by atoms with Crippen molar-refractivity contribution in [2.24, 2.45) is 4.99 Å². The van der Waals surface area contributed by atoms with Crippen LogP contribution in [-0.2, 0) is 6.54 Å². The first-order chi connectivity index (χ1) is 12.6. The van der Waals surface area contributed by atoms with E-state index in [1.165, 1.54) is 0 Å². The molecule has 0 unspecified atom stereocenters. The maximum Gasteiger partial charge on any atom is 0.214 e. The van der Waals surface area contributed by atoms with Crippen LogP contribution in [0.3, 0.4) is 0 Å². The van der Waals surface area contributed by atoms with Crippen LogP contribution in [0, 0.1) is 0 Å². The van der Waals surface area contributed by atoms with Gasteiger partial charge in [-0.05, 0) is 38.8 Å². The SMILES string of the molecule is CC(C)Oc1cc2c(cn1)CN=C2c1ccnc(N2CCC(O)CC2)c1. The molecule has 0 atom stereocenters. The van der Waals surface area contributed by atoms with Crippen molar-refractivity contribution < 1.29 is 9.84 Å². The van der Waals surface area contributed by atoms with E-state index >= 15 is 0 Å². The fraction of sp³-hybridized carbons (Fsp3) is 0.450. The van der Waals surface area contributed by atoms with Gasteiger partial charge in [0.15, 0.2) is 0 Å². The van der Waals surface area contributed by atoms with E-state index in [9.17, 15) is 5.11 Å². The Labute approximate surface area is 153 Å². The zero-order valence-corrected chi connectivity index (χ0v) is 15.2. The number of ether oxygens (including phenoxy) is 1. The number of fused-ring (bicyclic) bond motifs is 1. The standard InChI is InChI=1S/C20H24N4O2/c1-13(2)26-19-10-17-15(11-22-19)12-23-20(17)14-3-6-21-18(9-14)24-7-4-16(25)5-8-24/h3,6,9-11,13,16,25H,4-5,7-8,12H2,1-2H3. The maximum absolute atomic E-state index is 9.71. The average Bonchev–Trinajstić information content (AvgIpc) is 3.05. The first-order valence-electron chi connectivity index (χ1n) is 9.20. The number of aliphatic imine (C=N–C) groups is 1. The Balaban J connectivity index is 1.61. The number of hydrogen-bond acceptors (Lipinski definition) is 6. The molecule has 2 aromatic rings. The smallest absolute Gasteiger partial charge is 0.214 e. The molecule has 1 N–H and O–H groups in total. The van der Waals surface area contributed by atoms with Gasteiger partial charge in [0, 0.05) is 48.2 Å². The van der Waals surface area contributed by atoms with Crippen LogP contribution in [0.1, 0.15) is 43.4 Å². The van der Waals surface area contributed by atoms with Crippen molar-refractivity contribution in [2.75, 3.05) is 18.0 Å². The largest absolute Gasteiger partial charge is 0.475 e. The Morgan fingerprint density at radius 1 is 1.19 bits per heavy atom. The number of piperidine rings is 1. The van der Waals surface area contributed by atoms with Crippen LogP contribution in [0.2, 0.25) is 0 Å². The minimum absolute atomic E-state index is 0.0873. The van der Waals surface area contributed by atoms with Crippen molar-refractivity contribution in [1.82, 2.24) is 9.97 Å². The van der Waals surface area contributed by atoms with Gasteiger partial charge in [0.25, 0.3) is 0 Å². The third-order valence-electron chi connectivity index (χ3n) is 4.79. The molecule has 2 aromatic heterocycles. The zero-order chi connectivity index (χ0) is 18.1. The van der Waals surface area contributed by atoms with Gasteiger partial charge in [-0.3, -0.25) is 4.99 Å². The molecular weight excluding hydrogens is 328 g/mol. The molecule has 2 aliphatic heterocycles. The summed E-state index contributed by atoms with van der Waals surface area (Å²) in [6.07, 6.45) is 5.17. The summed E-state index contributed by atoms with van der Waals surface area (Å²) in [7, 11) is 0. The van der Waals surface area contributed by atoms with Gasteiger partial charge in [0.05, 0.1) is 24.5 Å². The molecular formula is C20H24N4O2. The summed E-state index contributed by atoms with van der Waals surface area (Å²) >= 11 is 0. The predicted octanol–water partition coefficient (Wildman–Crippen LogP) is 2.58. The monoisotopic (exact) mass is 352 g/mol. The van der Waals surface area contributed by atoms with Crippen molar-refractivity contribution >= 4 is 11.5 Å². The Morgan fingerprint density at radius 3 is 2.77 bits per heavy atom. The van der Waals surface area contributed by atoms with Crippen LogP contribution < -0.4 is 9.64 Å². The van der Waals surface area contributed by atoms with Crippen LogP contribution >= 0.6 is 0 Å². The van der Waals surface area contributed by atoms with Crippen LogP contribution in [0.5, 0.6) is 5.88 Å². The van der Waals surface area contributed by atoms with Crippen LogP contribution in [0.25, 0.3) is 0 Å². The molecule has 6 nitrogen and oxygen atoms in total. The highest BCUT2D eigenvalue weighted by molar-refractivity contribution is 6.15. The van der Waals surface area contributed by atoms with Gasteiger partial charge in [-0.1, -0.05) is 0 Å².